The van der Waals surface area contributed by atoms with Crippen LogP contribution >= 0.6 is 12.4 Å². The van der Waals surface area contributed by atoms with Gasteiger partial charge in [-0.2, -0.15) is 0 Å². The van der Waals surface area contributed by atoms with Crippen LogP contribution in [0.4, 0.5) is 5.69 Å². The van der Waals surface area contributed by atoms with Crippen molar-refractivity contribution in [3.8, 4) is 0 Å². The number of hydrogen-bond acceptors (Lipinski definition) is 2. The van der Waals surface area contributed by atoms with Crippen molar-refractivity contribution >= 4 is 24.0 Å². The van der Waals surface area contributed by atoms with Crippen molar-refractivity contribution in [2.24, 2.45) is 0 Å². The Morgan fingerprint density at radius 2 is 1.95 bits per heavy atom. The molecule has 0 saturated carbocycles. The third-order valence-corrected chi connectivity index (χ3v) is 4.38. The summed E-state index contributed by atoms with van der Waals surface area (Å²) in [6.45, 7) is 1.95. The summed E-state index contributed by atoms with van der Waals surface area (Å²) < 4.78 is 0. The maximum absolute atomic E-state index is 12.8. The number of rotatable bonds is 2. The van der Waals surface area contributed by atoms with Crippen LogP contribution in [0.3, 0.4) is 0 Å². The van der Waals surface area contributed by atoms with E-state index in [2.05, 4.69) is 18.2 Å². The maximum atomic E-state index is 12.8. The maximum Gasteiger partial charge on any atom is 0.254 e. The van der Waals surface area contributed by atoms with Crippen LogP contribution in [0.2, 0.25) is 0 Å². The summed E-state index contributed by atoms with van der Waals surface area (Å²) in [5.74, 6) is 0.0431. The molecule has 0 radical (unpaired) electrons. The van der Waals surface area contributed by atoms with Gasteiger partial charge in [-0.15, -0.1) is 12.4 Å². The van der Waals surface area contributed by atoms with Crippen LogP contribution in [0.1, 0.15) is 39.5 Å². The number of fused-ring (bicyclic) bond motifs is 1. The Kier molecular flexibility index (Phi) is 4.77. The van der Waals surface area contributed by atoms with E-state index in [1.807, 2.05) is 37.1 Å². The van der Waals surface area contributed by atoms with Crippen molar-refractivity contribution in [1.29, 1.82) is 0 Å². The molecule has 1 amide bonds. The highest BCUT2D eigenvalue weighted by Gasteiger charge is 2.29. The topological polar surface area (TPSA) is 46.3 Å². The number of benzene rings is 2. The van der Waals surface area contributed by atoms with Gasteiger partial charge < -0.3 is 10.6 Å². The van der Waals surface area contributed by atoms with Crippen molar-refractivity contribution in [3.63, 3.8) is 0 Å². The highest BCUT2D eigenvalue weighted by Crippen LogP contribution is 2.35. The summed E-state index contributed by atoms with van der Waals surface area (Å²) in [5.41, 5.74) is 10.7. The highest BCUT2D eigenvalue weighted by atomic mass is 35.5. The van der Waals surface area contributed by atoms with E-state index in [0.717, 1.165) is 18.4 Å². The van der Waals surface area contributed by atoms with E-state index in [0.29, 0.717) is 11.3 Å². The molecule has 0 heterocycles. The minimum absolute atomic E-state index is 0. The van der Waals surface area contributed by atoms with Gasteiger partial charge in [-0.25, -0.2) is 0 Å². The lowest BCUT2D eigenvalue weighted by Gasteiger charge is -2.26. The molecule has 22 heavy (non-hydrogen) atoms. The molecule has 0 spiro atoms. The first kappa shape index (κ1) is 16.4. The predicted molar refractivity (Wildman–Crippen MR) is 92.4 cm³/mol. The molecular formula is C18H21ClN2O. The number of carbonyl (C=O) groups is 1. The summed E-state index contributed by atoms with van der Waals surface area (Å²) in [6, 6.07) is 14.1. The van der Waals surface area contributed by atoms with Gasteiger partial charge in [0.25, 0.3) is 5.91 Å². The van der Waals surface area contributed by atoms with Crippen LogP contribution in [0, 0.1) is 6.92 Å². The quantitative estimate of drug-likeness (QED) is 0.857. The Labute approximate surface area is 137 Å². The number of aryl methyl sites for hydroxylation is 2. The highest BCUT2D eigenvalue weighted by molar-refractivity contribution is 5.96. The Bertz CT molecular complexity index is 699. The van der Waals surface area contributed by atoms with Crippen molar-refractivity contribution in [3.05, 3.63) is 64.7 Å². The average Bonchev–Trinajstić information content (AvgIpc) is 2.92. The number of nitrogens with two attached hydrogens (primary N) is 1. The fraction of sp³-hybridized carbons (Fsp3) is 0.278. The third kappa shape index (κ3) is 2.81. The van der Waals surface area contributed by atoms with Crippen LogP contribution < -0.4 is 5.73 Å². The van der Waals surface area contributed by atoms with Gasteiger partial charge >= 0.3 is 0 Å². The zero-order valence-corrected chi connectivity index (χ0v) is 13.7. The third-order valence-electron chi connectivity index (χ3n) is 4.38. The van der Waals surface area contributed by atoms with Crippen LogP contribution in [-0.2, 0) is 6.42 Å². The number of nitrogens with zero attached hydrogens (tertiary/aromatic N) is 1. The molecule has 1 unspecified atom stereocenters. The molecule has 2 aromatic carbocycles. The van der Waals surface area contributed by atoms with E-state index in [1.165, 1.54) is 11.1 Å². The molecule has 116 valence electrons. The molecule has 4 heteroatoms. The van der Waals surface area contributed by atoms with Gasteiger partial charge in [-0.1, -0.05) is 30.3 Å². The summed E-state index contributed by atoms with van der Waals surface area (Å²) in [4.78, 5) is 14.6. The molecule has 0 fully saturated rings. The fourth-order valence-electron chi connectivity index (χ4n) is 3.14. The monoisotopic (exact) mass is 316 g/mol. The first-order chi connectivity index (χ1) is 10.1. The number of nitrogen functional groups attached to an aromatic ring is 1. The van der Waals surface area contributed by atoms with Crippen LogP contribution in [0.25, 0.3) is 0 Å². The van der Waals surface area contributed by atoms with Crippen LogP contribution in [0.5, 0.6) is 0 Å². The summed E-state index contributed by atoms with van der Waals surface area (Å²) in [7, 11) is 1.89. The molecule has 2 N–H and O–H groups in total. The van der Waals surface area contributed by atoms with E-state index in [1.54, 1.807) is 6.07 Å². The summed E-state index contributed by atoms with van der Waals surface area (Å²) in [5, 5.41) is 0. The van der Waals surface area contributed by atoms with Gasteiger partial charge in [0.15, 0.2) is 0 Å². The minimum Gasteiger partial charge on any atom is -0.399 e. The van der Waals surface area contributed by atoms with Crippen LogP contribution in [0.15, 0.2) is 42.5 Å². The zero-order valence-electron chi connectivity index (χ0n) is 12.9. The fourth-order valence-corrected chi connectivity index (χ4v) is 3.14. The Balaban J connectivity index is 0.00000176. The zero-order chi connectivity index (χ0) is 15.0. The number of carbonyl (C=O) groups excluding carboxylic acids is 1. The number of anilines is 1. The normalized spacial score (nSPS) is 15.8. The van der Waals surface area contributed by atoms with Crippen LogP contribution in [-0.4, -0.2) is 17.9 Å². The molecule has 2 aromatic rings. The number of amides is 1. The predicted octanol–water partition coefficient (Wildman–Crippen LogP) is 3.76. The molecule has 0 saturated heterocycles. The average molecular weight is 317 g/mol. The molecule has 0 aliphatic heterocycles. The lowest BCUT2D eigenvalue weighted by molar-refractivity contribution is 0.0730. The lowest BCUT2D eigenvalue weighted by Crippen LogP contribution is -2.30. The summed E-state index contributed by atoms with van der Waals surface area (Å²) >= 11 is 0. The van der Waals surface area contributed by atoms with Gasteiger partial charge in [-0.3, -0.25) is 4.79 Å². The van der Waals surface area contributed by atoms with Crippen molar-refractivity contribution in [2.45, 2.75) is 25.8 Å². The Morgan fingerprint density at radius 1 is 1.23 bits per heavy atom. The summed E-state index contributed by atoms with van der Waals surface area (Å²) in [6.07, 6.45) is 2.03. The minimum atomic E-state index is 0. The largest absolute Gasteiger partial charge is 0.399 e. The lowest BCUT2D eigenvalue weighted by atomic mass is 10.0. The van der Waals surface area contributed by atoms with Gasteiger partial charge in [0.1, 0.15) is 0 Å². The molecule has 3 rings (SSSR count). The van der Waals surface area contributed by atoms with E-state index < -0.39 is 0 Å². The van der Waals surface area contributed by atoms with E-state index in [9.17, 15) is 4.79 Å². The molecule has 3 nitrogen and oxygen atoms in total. The van der Waals surface area contributed by atoms with Gasteiger partial charge in [-0.05, 0) is 48.6 Å². The molecule has 1 aliphatic rings. The standard InChI is InChI=1S/C18H20N2O.ClH/c1-12-7-9-14(19)11-16(12)18(21)20(2)17-10-8-13-5-3-4-6-15(13)17;/h3-7,9,11,17H,8,10,19H2,1-2H3;1H. The second-order valence-electron chi connectivity index (χ2n) is 5.74. The molecular weight excluding hydrogens is 296 g/mol. The molecule has 0 bridgehead atoms. The number of halogens is 1. The van der Waals surface area contributed by atoms with E-state index in [4.69, 9.17) is 5.73 Å². The SMILES string of the molecule is Cc1ccc(N)cc1C(=O)N(C)C1CCc2ccccc21.Cl. The smallest absolute Gasteiger partial charge is 0.254 e. The van der Waals surface area contributed by atoms with Gasteiger partial charge in [0.05, 0.1) is 6.04 Å². The second-order valence-corrected chi connectivity index (χ2v) is 5.74. The van der Waals surface area contributed by atoms with Crippen molar-refractivity contribution in [2.75, 3.05) is 12.8 Å². The molecule has 0 aromatic heterocycles. The van der Waals surface area contributed by atoms with Gasteiger partial charge in [0.2, 0.25) is 0 Å². The molecule has 1 atom stereocenters. The van der Waals surface area contributed by atoms with Gasteiger partial charge in [0, 0.05) is 18.3 Å². The molecule has 1 aliphatic carbocycles. The van der Waals surface area contributed by atoms with Crippen molar-refractivity contribution in [1.82, 2.24) is 4.90 Å². The Hall–Kier alpha value is -2.00. The second kappa shape index (κ2) is 6.41. The first-order valence-electron chi connectivity index (χ1n) is 7.29. The van der Waals surface area contributed by atoms with E-state index >= 15 is 0 Å². The van der Waals surface area contributed by atoms with E-state index in [-0.39, 0.29) is 24.4 Å². The first-order valence-corrected chi connectivity index (χ1v) is 7.29. The number of hydrogen-bond donors (Lipinski definition) is 1. The Morgan fingerprint density at radius 3 is 2.73 bits per heavy atom. The van der Waals surface area contributed by atoms with Crippen molar-refractivity contribution < 1.29 is 4.79 Å².